The van der Waals surface area contributed by atoms with Crippen LogP contribution in [-0.2, 0) is 6.54 Å². The molecular weight excluding hydrogens is 523 g/mol. The third kappa shape index (κ3) is 6.12. The maximum Gasteiger partial charge on any atom is 0.231 e. The van der Waals surface area contributed by atoms with Crippen molar-refractivity contribution in [3.05, 3.63) is 22.2 Å². The predicted octanol–water partition coefficient (Wildman–Crippen LogP) is 3.72. The van der Waals surface area contributed by atoms with Crippen molar-refractivity contribution >= 4 is 45.9 Å². The first kappa shape index (κ1) is 22.5. The molecule has 0 unspecified atom stereocenters. The van der Waals surface area contributed by atoms with Gasteiger partial charge in [0.2, 0.25) is 6.79 Å². The van der Waals surface area contributed by atoms with Crippen LogP contribution in [-0.4, -0.2) is 49.4 Å². The Morgan fingerprint density at radius 2 is 2.04 bits per heavy atom. The second-order valence-electron chi connectivity index (χ2n) is 7.05. The van der Waals surface area contributed by atoms with Gasteiger partial charge in [-0.3, -0.25) is 0 Å². The molecule has 1 fully saturated rings. The summed E-state index contributed by atoms with van der Waals surface area (Å²) in [6.07, 6.45) is 2.30. The van der Waals surface area contributed by atoms with E-state index in [4.69, 9.17) is 14.5 Å². The van der Waals surface area contributed by atoms with Crippen LogP contribution in [0.3, 0.4) is 0 Å². The molecule has 3 rings (SSSR count). The molecule has 1 saturated heterocycles. The van der Waals surface area contributed by atoms with Crippen LogP contribution in [0.5, 0.6) is 11.5 Å². The Hall–Kier alpha value is -0.740. The number of aliphatic imine (C=N–C) groups is 1. The topological polar surface area (TPSA) is 58.1 Å². The first-order valence-electron chi connectivity index (χ1n) is 9.43. The highest BCUT2D eigenvalue weighted by molar-refractivity contribution is 14.0. The Bertz CT molecular complexity index is 649. The van der Waals surface area contributed by atoms with E-state index in [1.165, 1.54) is 0 Å². The van der Waals surface area contributed by atoms with Gasteiger partial charge in [0.1, 0.15) is 0 Å². The quantitative estimate of drug-likeness (QED) is 0.331. The van der Waals surface area contributed by atoms with Crippen molar-refractivity contribution < 1.29 is 9.47 Å². The second kappa shape index (κ2) is 10.7. The summed E-state index contributed by atoms with van der Waals surface area (Å²) in [6, 6.07) is 5.15. The average molecular weight is 553 g/mol. The number of nitrogens with zero attached hydrogens (tertiary/aromatic N) is 2. The highest BCUT2D eigenvalue weighted by Crippen LogP contribution is 2.40. The van der Waals surface area contributed by atoms with Crippen molar-refractivity contribution in [3.63, 3.8) is 0 Å². The lowest BCUT2D eigenvalue weighted by Gasteiger charge is -2.35. The molecule has 0 bridgehead atoms. The third-order valence-electron chi connectivity index (χ3n) is 4.85. The number of hydrogen-bond acceptors (Lipinski definition) is 4. The molecular formula is C19H30BrIN4O2. The van der Waals surface area contributed by atoms with Gasteiger partial charge in [0, 0.05) is 31.7 Å². The number of guanidine groups is 1. The number of hydrogen-bond donors (Lipinski definition) is 2. The van der Waals surface area contributed by atoms with Crippen LogP contribution in [0, 0.1) is 0 Å². The van der Waals surface area contributed by atoms with Crippen molar-refractivity contribution in [1.29, 1.82) is 0 Å². The number of likely N-dealkylation sites (tertiary alicyclic amines) is 1. The van der Waals surface area contributed by atoms with E-state index in [2.05, 4.69) is 52.2 Å². The van der Waals surface area contributed by atoms with E-state index in [1.807, 2.05) is 12.1 Å². The molecule has 1 aromatic carbocycles. The summed E-state index contributed by atoms with van der Waals surface area (Å²) in [6.45, 7) is 10.6. The maximum absolute atomic E-state index is 5.49. The molecule has 0 atom stereocenters. The molecule has 0 aromatic heterocycles. The minimum atomic E-state index is 0. The molecule has 6 nitrogen and oxygen atoms in total. The zero-order valence-corrected chi connectivity index (χ0v) is 20.2. The number of ether oxygens (including phenoxy) is 2. The fraction of sp³-hybridized carbons (Fsp3) is 0.632. The van der Waals surface area contributed by atoms with Crippen LogP contribution in [0.25, 0.3) is 0 Å². The van der Waals surface area contributed by atoms with Crippen molar-refractivity contribution in [1.82, 2.24) is 15.5 Å². The zero-order chi connectivity index (χ0) is 18.5. The van der Waals surface area contributed by atoms with Gasteiger partial charge in [0.25, 0.3) is 0 Å². The van der Waals surface area contributed by atoms with Gasteiger partial charge in [-0.25, -0.2) is 4.99 Å². The van der Waals surface area contributed by atoms with Gasteiger partial charge in [-0.2, -0.15) is 0 Å². The summed E-state index contributed by atoms with van der Waals surface area (Å²) in [5, 5.41) is 6.96. The first-order valence-corrected chi connectivity index (χ1v) is 10.2. The van der Waals surface area contributed by atoms with Crippen LogP contribution in [0.1, 0.15) is 39.2 Å². The summed E-state index contributed by atoms with van der Waals surface area (Å²) in [5.41, 5.74) is 1.09. The lowest BCUT2D eigenvalue weighted by atomic mass is 10.0. The van der Waals surface area contributed by atoms with E-state index < -0.39 is 0 Å². The SMILES string of the molecule is CCNC(=NCc1cc(Br)c2c(c1)OCO2)NC1CCN(C(C)C)CC1.I. The van der Waals surface area contributed by atoms with E-state index >= 15 is 0 Å². The summed E-state index contributed by atoms with van der Waals surface area (Å²) in [4.78, 5) is 7.30. The molecule has 27 heavy (non-hydrogen) atoms. The van der Waals surface area contributed by atoms with Gasteiger partial charge in [0.15, 0.2) is 17.5 Å². The van der Waals surface area contributed by atoms with Crippen molar-refractivity contribution in [2.75, 3.05) is 26.4 Å². The number of halogens is 2. The van der Waals surface area contributed by atoms with E-state index in [1.54, 1.807) is 0 Å². The predicted molar refractivity (Wildman–Crippen MR) is 123 cm³/mol. The monoisotopic (exact) mass is 552 g/mol. The molecule has 0 spiro atoms. The minimum Gasteiger partial charge on any atom is -0.454 e. The number of nitrogens with one attached hydrogen (secondary N) is 2. The Morgan fingerprint density at radius 1 is 1.30 bits per heavy atom. The Labute approximate surface area is 187 Å². The van der Waals surface area contributed by atoms with Gasteiger partial charge in [-0.15, -0.1) is 24.0 Å². The van der Waals surface area contributed by atoms with Crippen LogP contribution in [0.4, 0.5) is 0 Å². The van der Waals surface area contributed by atoms with Crippen LogP contribution in [0.15, 0.2) is 21.6 Å². The van der Waals surface area contributed by atoms with Crippen LogP contribution >= 0.6 is 39.9 Å². The van der Waals surface area contributed by atoms with E-state index in [9.17, 15) is 0 Å². The van der Waals surface area contributed by atoms with Gasteiger partial charge >= 0.3 is 0 Å². The third-order valence-corrected chi connectivity index (χ3v) is 5.44. The minimum absolute atomic E-state index is 0. The normalized spacial score (nSPS) is 17.7. The first-order chi connectivity index (χ1) is 12.6. The van der Waals surface area contributed by atoms with Crippen molar-refractivity contribution in [2.24, 2.45) is 4.99 Å². The number of benzene rings is 1. The molecule has 0 aliphatic carbocycles. The van der Waals surface area contributed by atoms with Crippen molar-refractivity contribution in [2.45, 2.75) is 52.2 Å². The molecule has 8 heteroatoms. The largest absolute Gasteiger partial charge is 0.454 e. The second-order valence-corrected chi connectivity index (χ2v) is 7.91. The molecule has 0 saturated carbocycles. The highest BCUT2D eigenvalue weighted by atomic mass is 127. The molecule has 2 aliphatic heterocycles. The molecule has 0 amide bonds. The summed E-state index contributed by atoms with van der Waals surface area (Å²) in [5.74, 6) is 2.44. The number of rotatable bonds is 5. The smallest absolute Gasteiger partial charge is 0.231 e. The number of piperidine rings is 1. The average Bonchev–Trinajstić information content (AvgIpc) is 3.09. The zero-order valence-electron chi connectivity index (χ0n) is 16.3. The molecule has 1 aromatic rings. The molecule has 2 N–H and O–H groups in total. The highest BCUT2D eigenvalue weighted by Gasteiger charge is 2.21. The van der Waals surface area contributed by atoms with Crippen LogP contribution in [0.2, 0.25) is 0 Å². The lowest BCUT2D eigenvalue weighted by molar-refractivity contribution is 0.167. The maximum atomic E-state index is 5.49. The molecule has 152 valence electrons. The van der Waals surface area contributed by atoms with Gasteiger partial charge < -0.3 is 25.0 Å². The summed E-state index contributed by atoms with van der Waals surface area (Å²) >= 11 is 3.54. The lowest BCUT2D eigenvalue weighted by Crippen LogP contribution is -2.49. The Morgan fingerprint density at radius 3 is 2.70 bits per heavy atom. The summed E-state index contributed by atoms with van der Waals surface area (Å²) in [7, 11) is 0. The van der Waals surface area contributed by atoms with E-state index in [0.717, 1.165) is 60.0 Å². The van der Waals surface area contributed by atoms with Crippen molar-refractivity contribution in [3.8, 4) is 11.5 Å². The molecule has 2 aliphatic rings. The summed E-state index contributed by atoms with van der Waals surface area (Å²) < 4.78 is 11.8. The van der Waals surface area contributed by atoms with Gasteiger partial charge in [-0.05, 0) is 67.2 Å². The van der Waals surface area contributed by atoms with Gasteiger partial charge in [0.05, 0.1) is 11.0 Å². The molecule has 2 heterocycles. The standard InChI is InChI=1S/C19H29BrN4O2.HI/c1-4-21-19(23-15-5-7-24(8-6-15)13(2)3)22-11-14-9-16(20)18-17(10-14)25-12-26-18;/h9-10,13,15H,4-8,11-12H2,1-3H3,(H2,21,22,23);1H. The van der Waals surface area contributed by atoms with Crippen LogP contribution < -0.4 is 20.1 Å². The van der Waals surface area contributed by atoms with Gasteiger partial charge in [-0.1, -0.05) is 0 Å². The number of fused-ring (bicyclic) bond motifs is 1. The fourth-order valence-corrected chi connectivity index (χ4v) is 3.96. The van der Waals surface area contributed by atoms with E-state index in [-0.39, 0.29) is 30.8 Å². The fourth-order valence-electron chi connectivity index (χ4n) is 3.36. The Balaban J connectivity index is 0.00000261. The molecule has 0 radical (unpaired) electrons. The van der Waals surface area contributed by atoms with E-state index in [0.29, 0.717) is 18.6 Å². The Kier molecular flexibility index (Phi) is 8.94.